The van der Waals surface area contributed by atoms with Crippen LogP contribution in [0.2, 0.25) is 0 Å². The van der Waals surface area contributed by atoms with Crippen molar-refractivity contribution in [1.82, 2.24) is 9.78 Å². The Bertz CT molecular complexity index is 502. The summed E-state index contributed by atoms with van der Waals surface area (Å²) < 4.78 is 6.63. The van der Waals surface area contributed by atoms with Gasteiger partial charge >= 0.3 is 0 Å². The third-order valence-electron chi connectivity index (χ3n) is 2.18. The van der Waals surface area contributed by atoms with Crippen molar-refractivity contribution in [3.63, 3.8) is 0 Å². The van der Waals surface area contributed by atoms with Crippen LogP contribution in [0.4, 0.5) is 0 Å². The Morgan fingerprint density at radius 3 is 2.50 bits per heavy atom. The Hall–Kier alpha value is -2.30. The van der Waals surface area contributed by atoms with Crippen molar-refractivity contribution in [2.45, 2.75) is 0 Å². The van der Waals surface area contributed by atoms with Gasteiger partial charge in [0, 0.05) is 6.20 Å². The minimum Gasteiger partial charge on any atom is -0.497 e. The smallest absolute Gasteiger partial charge is 0.269 e. The lowest BCUT2D eigenvalue weighted by Gasteiger charge is -2.02. The number of carbonyl (C=O) groups excluding carboxylic acids is 1. The second-order valence-electron chi connectivity index (χ2n) is 3.21. The molecule has 0 radical (unpaired) electrons. The van der Waals surface area contributed by atoms with E-state index in [4.69, 9.17) is 10.5 Å². The van der Waals surface area contributed by atoms with Gasteiger partial charge in [-0.1, -0.05) is 0 Å². The van der Waals surface area contributed by atoms with E-state index < -0.39 is 5.91 Å². The highest BCUT2D eigenvalue weighted by Crippen LogP contribution is 2.14. The first-order valence-corrected chi connectivity index (χ1v) is 4.70. The molecule has 2 rings (SSSR count). The van der Waals surface area contributed by atoms with Crippen LogP contribution in [0.3, 0.4) is 0 Å². The molecule has 1 aromatic heterocycles. The first kappa shape index (κ1) is 10.2. The van der Waals surface area contributed by atoms with Crippen molar-refractivity contribution in [3.8, 4) is 11.4 Å². The van der Waals surface area contributed by atoms with Crippen LogP contribution >= 0.6 is 0 Å². The van der Waals surface area contributed by atoms with Crippen molar-refractivity contribution >= 4 is 5.91 Å². The SMILES string of the molecule is COc1ccc(-n2ccc(C(N)=O)n2)cc1. The number of benzene rings is 1. The predicted octanol–water partition coefficient (Wildman–Crippen LogP) is 0.980. The van der Waals surface area contributed by atoms with Crippen molar-refractivity contribution < 1.29 is 9.53 Å². The lowest BCUT2D eigenvalue weighted by Crippen LogP contribution is -2.12. The van der Waals surface area contributed by atoms with E-state index in [1.165, 1.54) is 0 Å². The quantitative estimate of drug-likeness (QED) is 0.833. The molecule has 0 aliphatic carbocycles. The molecular formula is C11H11N3O2. The fraction of sp³-hybridized carbons (Fsp3) is 0.0909. The fourth-order valence-electron chi connectivity index (χ4n) is 1.33. The van der Waals surface area contributed by atoms with Crippen LogP contribution in [-0.4, -0.2) is 22.8 Å². The van der Waals surface area contributed by atoms with Gasteiger partial charge in [-0.2, -0.15) is 5.10 Å². The molecule has 0 spiro atoms. The molecule has 0 bridgehead atoms. The van der Waals surface area contributed by atoms with Gasteiger partial charge in [0.25, 0.3) is 5.91 Å². The van der Waals surface area contributed by atoms with Crippen molar-refractivity contribution in [2.75, 3.05) is 7.11 Å². The van der Waals surface area contributed by atoms with Crippen LogP contribution in [0, 0.1) is 0 Å². The van der Waals surface area contributed by atoms with Crippen LogP contribution in [0.1, 0.15) is 10.5 Å². The topological polar surface area (TPSA) is 70.1 Å². The van der Waals surface area contributed by atoms with Crippen LogP contribution < -0.4 is 10.5 Å². The summed E-state index contributed by atoms with van der Waals surface area (Å²) in [4.78, 5) is 10.9. The zero-order chi connectivity index (χ0) is 11.5. The van der Waals surface area contributed by atoms with Gasteiger partial charge in [0.1, 0.15) is 11.4 Å². The van der Waals surface area contributed by atoms with E-state index in [2.05, 4.69) is 5.10 Å². The number of amides is 1. The number of hydrogen-bond acceptors (Lipinski definition) is 3. The number of hydrogen-bond donors (Lipinski definition) is 1. The Morgan fingerprint density at radius 1 is 1.31 bits per heavy atom. The molecular weight excluding hydrogens is 206 g/mol. The summed E-state index contributed by atoms with van der Waals surface area (Å²) in [7, 11) is 1.61. The van der Waals surface area contributed by atoms with Gasteiger partial charge in [-0.3, -0.25) is 4.79 Å². The Balaban J connectivity index is 2.31. The predicted molar refractivity (Wildman–Crippen MR) is 58.6 cm³/mol. The highest BCUT2D eigenvalue weighted by Gasteiger charge is 2.05. The highest BCUT2D eigenvalue weighted by molar-refractivity contribution is 5.90. The van der Waals surface area contributed by atoms with Crippen molar-refractivity contribution in [2.24, 2.45) is 5.73 Å². The second kappa shape index (κ2) is 4.06. The summed E-state index contributed by atoms with van der Waals surface area (Å²) >= 11 is 0. The molecule has 82 valence electrons. The number of ether oxygens (including phenoxy) is 1. The summed E-state index contributed by atoms with van der Waals surface area (Å²) in [6, 6.07) is 8.90. The second-order valence-corrected chi connectivity index (χ2v) is 3.21. The fourth-order valence-corrected chi connectivity index (χ4v) is 1.33. The number of methoxy groups -OCH3 is 1. The standard InChI is InChI=1S/C11H11N3O2/c1-16-9-4-2-8(3-5-9)14-7-6-10(13-14)11(12)15/h2-7H,1H3,(H2,12,15). The molecule has 1 amide bonds. The number of aromatic nitrogens is 2. The van der Waals surface area contributed by atoms with E-state index in [9.17, 15) is 4.79 Å². The van der Waals surface area contributed by atoms with Crippen LogP contribution in [0.25, 0.3) is 5.69 Å². The third-order valence-corrected chi connectivity index (χ3v) is 2.18. The first-order chi connectivity index (χ1) is 7.70. The van der Waals surface area contributed by atoms with Gasteiger partial charge < -0.3 is 10.5 Å². The molecule has 0 aliphatic heterocycles. The molecule has 0 saturated heterocycles. The van der Waals surface area contributed by atoms with E-state index >= 15 is 0 Å². The summed E-state index contributed by atoms with van der Waals surface area (Å²) in [6.07, 6.45) is 1.68. The maximum atomic E-state index is 10.9. The molecule has 2 aromatic rings. The molecule has 16 heavy (non-hydrogen) atoms. The number of nitrogens with zero attached hydrogens (tertiary/aromatic N) is 2. The van der Waals surface area contributed by atoms with Gasteiger partial charge in [0.15, 0.2) is 0 Å². The third kappa shape index (κ3) is 1.88. The molecule has 0 fully saturated rings. The minimum atomic E-state index is -0.535. The molecule has 0 aliphatic rings. The molecule has 0 unspecified atom stereocenters. The average Bonchev–Trinajstić information content (AvgIpc) is 2.78. The normalized spacial score (nSPS) is 10.1. The minimum absolute atomic E-state index is 0.246. The lowest BCUT2D eigenvalue weighted by molar-refractivity contribution is 0.0995. The Labute approximate surface area is 92.4 Å². The number of rotatable bonds is 3. The summed E-state index contributed by atoms with van der Waals surface area (Å²) in [5, 5.41) is 4.04. The van der Waals surface area contributed by atoms with Gasteiger partial charge in [0.05, 0.1) is 12.8 Å². The van der Waals surface area contributed by atoms with Gasteiger partial charge in [-0.15, -0.1) is 0 Å². The van der Waals surface area contributed by atoms with Gasteiger partial charge in [0.2, 0.25) is 0 Å². The zero-order valence-corrected chi connectivity index (χ0v) is 8.75. The summed E-state index contributed by atoms with van der Waals surface area (Å²) in [5.74, 6) is 0.235. The summed E-state index contributed by atoms with van der Waals surface area (Å²) in [5.41, 5.74) is 6.20. The molecule has 0 atom stereocenters. The molecule has 1 heterocycles. The maximum Gasteiger partial charge on any atom is 0.269 e. The van der Waals surface area contributed by atoms with Crippen LogP contribution in [0.15, 0.2) is 36.5 Å². The van der Waals surface area contributed by atoms with Gasteiger partial charge in [-0.25, -0.2) is 4.68 Å². The van der Waals surface area contributed by atoms with E-state index in [1.54, 1.807) is 24.1 Å². The molecule has 0 saturated carbocycles. The average molecular weight is 217 g/mol. The molecule has 5 heteroatoms. The molecule has 2 N–H and O–H groups in total. The Morgan fingerprint density at radius 2 is 2.00 bits per heavy atom. The van der Waals surface area contributed by atoms with Gasteiger partial charge in [-0.05, 0) is 30.3 Å². The lowest BCUT2D eigenvalue weighted by atomic mass is 10.3. The molecule has 1 aromatic carbocycles. The Kier molecular flexibility index (Phi) is 2.59. The summed E-state index contributed by atoms with van der Waals surface area (Å²) in [6.45, 7) is 0. The van der Waals surface area contributed by atoms with E-state index in [0.29, 0.717) is 0 Å². The number of nitrogens with two attached hydrogens (primary N) is 1. The molecule has 5 nitrogen and oxygen atoms in total. The van der Waals surface area contributed by atoms with Crippen LogP contribution in [-0.2, 0) is 0 Å². The van der Waals surface area contributed by atoms with E-state index in [-0.39, 0.29) is 5.69 Å². The monoisotopic (exact) mass is 217 g/mol. The van der Waals surface area contributed by atoms with Crippen molar-refractivity contribution in [1.29, 1.82) is 0 Å². The number of carbonyl (C=O) groups is 1. The van der Waals surface area contributed by atoms with Crippen molar-refractivity contribution in [3.05, 3.63) is 42.2 Å². The zero-order valence-electron chi connectivity index (χ0n) is 8.75. The van der Waals surface area contributed by atoms with E-state index in [0.717, 1.165) is 11.4 Å². The maximum absolute atomic E-state index is 10.9. The van der Waals surface area contributed by atoms with E-state index in [1.807, 2.05) is 24.3 Å². The number of primary amides is 1. The van der Waals surface area contributed by atoms with Crippen LogP contribution in [0.5, 0.6) is 5.75 Å². The first-order valence-electron chi connectivity index (χ1n) is 4.70. The largest absolute Gasteiger partial charge is 0.497 e. The highest BCUT2D eigenvalue weighted by atomic mass is 16.5.